The Hall–Kier alpha value is -0.870. The third kappa shape index (κ3) is 3.07. The molecule has 2 fully saturated rings. The summed E-state index contributed by atoms with van der Waals surface area (Å²) in [5.74, 6) is 0.183. The molecule has 0 bridgehead atoms. The van der Waals surface area contributed by atoms with E-state index in [0.29, 0.717) is 12.5 Å². The van der Waals surface area contributed by atoms with Gasteiger partial charge in [-0.1, -0.05) is 34.1 Å². The van der Waals surface area contributed by atoms with Crippen molar-refractivity contribution in [1.29, 1.82) is 0 Å². The number of rotatable bonds is 5. The molecule has 1 aliphatic heterocycles. The van der Waals surface area contributed by atoms with Gasteiger partial charge in [-0.25, -0.2) is 0 Å². The summed E-state index contributed by atoms with van der Waals surface area (Å²) in [4.78, 5) is 12.0. The number of hydrogen-bond acceptors (Lipinski definition) is 2. The summed E-state index contributed by atoms with van der Waals surface area (Å²) in [6.45, 7) is 1.82. The highest BCUT2D eigenvalue weighted by Crippen LogP contribution is 2.49. The van der Waals surface area contributed by atoms with Crippen LogP contribution < -0.4 is 10.6 Å². The fourth-order valence-corrected chi connectivity index (χ4v) is 3.78. The molecule has 1 saturated heterocycles. The van der Waals surface area contributed by atoms with Crippen LogP contribution in [0.4, 0.5) is 0 Å². The van der Waals surface area contributed by atoms with Crippen LogP contribution in [0.2, 0.25) is 0 Å². The number of carbonyl (C=O) groups excluding carboxylic acids is 1. The van der Waals surface area contributed by atoms with E-state index in [1.165, 1.54) is 12.0 Å². The van der Waals surface area contributed by atoms with Crippen LogP contribution in [0, 0.1) is 0 Å². The zero-order valence-electron chi connectivity index (χ0n) is 11.6. The first-order chi connectivity index (χ1) is 9.70. The zero-order chi connectivity index (χ0) is 14.0. The maximum atomic E-state index is 12.0. The van der Waals surface area contributed by atoms with E-state index in [-0.39, 0.29) is 11.3 Å². The van der Waals surface area contributed by atoms with Gasteiger partial charge in [0.1, 0.15) is 0 Å². The predicted octanol–water partition coefficient (Wildman–Crippen LogP) is 2.74. The van der Waals surface area contributed by atoms with Gasteiger partial charge < -0.3 is 10.6 Å². The molecule has 1 saturated carbocycles. The average Bonchev–Trinajstić information content (AvgIpc) is 3.06. The molecule has 1 aliphatic carbocycles. The molecule has 2 aliphatic rings. The zero-order valence-corrected chi connectivity index (χ0v) is 13.2. The van der Waals surface area contributed by atoms with Crippen molar-refractivity contribution in [2.75, 3.05) is 13.1 Å². The van der Waals surface area contributed by atoms with Gasteiger partial charge in [0.25, 0.3) is 0 Å². The van der Waals surface area contributed by atoms with E-state index >= 15 is 0 Å². The molecule has 1 atom stereocenters. The van der Waals surface area contributed by atoms with Gasteiger partial charge in [0.05, 0.1) is 0 Å². The third-order valence-electron chi connectivity index (χ3n) is 4.52. The van der Waals surface area contributed by atoms with E-state index in [1.807, 2.05) is 6.07 Å². The largest absolute Gasteiger partial charge is 0.355 e. The number of halogens is 1. The van der Waals surface area contributed by atoms with Gasteiger partial charge in [-0.3, -0.25) is 4.79 Å². The van der Waals surface area contributed by atoms with E-state index < -0.39 is 0 Å². The molecule has 20 heavy (non-hydrogen) atoms. The predicted molar refractivity (Wildman–Crippen MR) is 83.7 cm³/mol. The molecule has 1 aromatic carbocycles. The van der Waals surface area contributed by atoms with Crippen molar-refractivity contribution in [2.24, 2.45) is 0 Å². The van der Waals surface area contributed by atoms with Gasteiger partial charge in [0.15, 0.2) is 0 Å². The van der Waals surface area contributed by atoms with Crippen molar-refractivity contribution in [3.63, 3.8) is 0 Å². The molecule has 3 nitrogen and oxygen atoms in total. The van der Waals surface area contributed by atoms with Gasteiger partial charge in [-0.2, -0.15) is 0 Å². The topological polar surface area (TPSA) is 41.1 Å². The Morgan fingerprint density at radius 3 is 2.85 bits per heavy atom. The lowest BCUT2D eigenvalue weighted by atomic mass is 9.96. The Bertz CT molecular complexity index is 493. The fraction of sp³-hybridized carbons (Fsp3) is 0.562. The summed E-state index contributed by atoms with van der Waals surface area (Å²) < 4.78 is 1.16. The summed E-state index contributed by atoms with van der Waals surface area (Å²) >= 11 is 3.63. The van der Waals surface area contributed by atoms with Gasteiger partial charge in [-0.05, 0) is 43.9 Å². The standard InChI is InChI=1S/C16H21BrN2O/c17-14-6-2-1-5-13(14)16(7-8-16)11-19-15(20)10-12-4-3-9-18-12/h1-2,5-6,12,18H,3-4,7-11H2,(H,19,20). The van der Waals surface area contributed by atoms with Crippen LogP contribution in [0.1, 0.15) is 37.7 Å². The Morgan fingerprint density at radius 1 is 1.40 bits per heavy atom. The quantitative estimate of drug-likeness (QED) is 0.867. The number of benzene rings is 1. The lowest BCUT2D eigenvalue weighted by molar-refractivity contribution is -0.121. The second-order valence-corrected chi connectivity index (χ2v) is 6.89. The first-order valence-electron chi connectivity index (χ1n) is 7.45. The molecule has 4 heteroatoms. The van der Waals surface area contributed by atoms with Crippen molar-refractivity contribution in [2.45, 2.75) is 43.6 Å². The smallest absolute Gasteiger partial charge is 0.221 e. The normalized spacial score (nSPS) is 23.6. The molecule has 0 radical (unpaired) electrons. The molecule has 1 amide bonds. The lowest BCUT2D eigenvalue weighted by Crippen LogP contribution is -2.36. The van der Waals surface area contributed by atoms with E-state index in [0.717, 1.165) is 36.8 Å². The summed E-state index contributed by atoms with van der Waals surface area (Å²) in [6.07, 6.45) is 5.27. The summed E-state index contributed by atoms with van der Waals surface area (Å²) in [5.41, 5.74) is 1.50. The maximum Gasteiger partial charge on any atom is 0.221 e. The van der Waals surface area contributed by atoms with Crippen LogP contribution in [0.3, 0.4) is 0 Å². The second kappa shape index (κ2) is 5.86. The van der Waals surface area contributed by atoms with Gasteiger partial charge in [0, 0.05) is 28.9 Å². The molecule has 1 aromatic rings. The Balaban J connectivity index is 1.55. The van der Waals surface area contributed by atoms with Crippen LogP contribution in [0.5, 0.6) is 0 Å². The third-order valence-corrected chi connectivity index (χ3v) is 5.21. The summed E-state index contributed by atoms with van der Waals surface area (Å²) in [7, 11) is 0. The number of carbonyl (C=O) groups is 1. The van der Waals surface area contributed by atoms with Crippen molar-refractivity contribution < 1.29 is 4.79 Å². The highest BCUT2D eigenvalue weighted by atomic mass is 79.9. The second-order valence-electron chi connectivity index (χ2n) is 6.03. The minimum Gasteiger partial charge on any atom is -0.355 e. The van der Waals surface area contributed by atoms with E-state index in [1.54, 1.807) is 0 Å². The Labute approximate surface area is 128 Å². The highest BCUT2D eigenvalue weighted by Gasteiger charge is 2.45. The minimum absolute atomic E-state index is 0.166. The van der Waals surface area contributed by atoms with E-state index in [9.17, 15) is 4.79 Å². The average molecular weight is 337 g/mol. The molecule has 0 aromatic heterocycles. The van der Waals surface area contributed by atoms with Gasteiger partial charge in [-0.15, -0.1) is 0 Å². The van der Waals surface area contributed by atoms with Crippen LogP contribution in [-0.4, -0.2) is 25.0 Å². The van der Waals surface area contributed by atoms with Crippen LogP contribution >= 0.6 is 15.9 Å². The first-order valence-corrected chi connectivity index (χ1v) is 8.24. The molecular formula is C16H21BrN2O. The van der Waals surface area contributed by atoms with Crippen molar-refractivity contribution >= 4 is 21.8 Å². The maximum absolute atomic E-state index is 12.0. The molecule has 3 rings (SSSR count). The molecule has 0 spiro atoms. The monoisotopic (exact) mass is 336 g/mol. The van der Waals surface area contributed by atoms with Crippen molar-refractivity contribution in [3.05, 3.63) is 34.3 Å². The lowest BCUT2D eigenvalue weighted by Gasteiger charge is -2.19. The Morgan fingerprint density at radius 2 is 2.20 bits per heavy atom. The van der Waals surface area contributed by atoms with Gasteiger partial charge in [0.2, 0.25) is 5.91 Å². The van der Waals surface area contributed by atoms with E-state index in [4.69, 9.17) is 0 Å². The van der Waals surface area contributed by atoms with Crippen LogP contribution in [-0.2, 0) is 10.2 Å². The number of hydrogen-bond donors (Lipinski definition) is 2. The van der Waals surface area contributed by atoms with E-state index in [2.05, 4.69) is 44.8 Å². The molecule has 108 valence electrons. The molecule has 1 unspecified atom stereocenters. The Kier molecular flexibility index (Phi) is 4.13. The summed E-state index contributed by atoms with van der Waals surface area (Å²) in [5, 5.41) is 6.51. The van der Waals surface area contributed by atoms with Gasteiger partial charge >= 0.3 is 0 Å². The molecular weight excluding hydrogens is 316 g/mol. The summed E-state index contributed by atoms with van der Waals surface area (Å²) in [6, 6.07) is 8.74. The fourth-order valence-electron chi connectivity index (χ4n) is 3.08. The SMILES string of the molecule is O=C(CC1CCCN1)NCC1(c2ccccc2Br)CC1. The van der Waals surface area contributed by atoms with Crippen LogP contribution in [0.25, 0.3) is 0 Å². The highest BCUT2D eigenvalue weighted by molar-refractivity contribution is 9.10. The van der Waals surface area contributed by atoms with Crippen molar-refractivity contribution in [3.8, 4) is 0 Å². The van der Waals surface area contributed by atoms with Crippen LogP contribution in [0.15, 0.2) is 28.7 Å². The minimum atomic E-state index is 0.166. The first kappa shape index (κ1) is 14.1. The molecule has 2 N–H and O–H groups in total. The number of amides is 1. The van der Waals surface area contributed by atoms with Crippen molar-refractivity contribution in [1.82, 2.24) is 10.6 Å². The number of nitrogens with one attached hydrogen (secondary N) is 2. The molecule has 1 heterocycles.